The Morgan fingerprint density at radius 1 is 0.756 bits per heavy atom. The number of rotatable bonds is 7. The molecule has 8 nitrogen and oxygen atoms in total. The SMILES string of the molecule is COc1ccc([C@@H]2CC(=O)[C@@H]3CN(S(=O)(=O)c4ccc(C)cc4)C(c4cccc(Cl)c4)C[C@@H]3N2S(=O)(=O)c2ccccc2)cc1. The second-order valence-electron chi connectivity index (χ2n) is 11.5. The summed E-state index contributed by atoms with van der Waals surface area (Å²) in [5, 5.41) is 0.423. The van der Waals surface area contributed by atoms with Crippen molar-refractivity contribution in [3.8, 4) is 5.75 Å². The van der Waals surface area contributed by atoms with Gasteiger partial charge in [-0.3, -0.25) is 4.79 Å². The van der Waals surface area contributed by atoms with E-state index in [1.807, 2.05) is 6.92 Å². The third-order valence-corrected chi connectivity index (χ3v) is 12.8. The highest BCUT2D eigenvalue weighted by Gasteiger charge is 2.54. The van der Waals surface area contributed by atoms with Crippen molar-refractivity contribution < 1.29 is 26.4 Å². The number of hydrogen-bond acceptors (Lipinski definition) is 6. The average molecular weight is 665 g/mol. The van der Waals surface area contributed by atoms with Crippen molar-refractivity contribution in [2.75, 3.05) is 13.7 Å². The van der Waals surface area contributed by atoms with Gasteiger partial charge in [-0.15, -0.1) is 0 Å². The molecule has 234 valence electrons. The van der Waals surface area contributed by atoms with E-state index in [-0.39, 0.29) is 35.0 Å². The largest absolute Gasteiger partial charge is 0.497 e. The number of hydrogen-bond donors (Lipinski definition) is 0. The molecule has 6 rings (SSSR count). The first-order chi connectivity index (χ1) is 21.5. The summed E-state index contributed by atoms with van der Waals surface area (Å²) in [7, 11) is -6.68. The lowest BCUT2D eigenvalue weighted by atomic mass is 9.77. The van der Waals surface area contributed by atoms with Crippen LogP contribution in [0.1, 0.15) is 41.6 Å². The van der Waals surface area contributed by atoms with Gasteiger partial charge in [0.1, 0.15) is 11.5 Å². The van der Waals surface area contributed by atoms with Crippen LogP contribution in [-0.2, 0) is 24.8 Å². The van der Waals surface area contributed by atoms with Crippen LogP contribution in [0.2, 0.25) is 5.02 Å². The summed E-state index contributed by atoms with van der Waals surface area (Å²) in [6, 6.07) is 26.3. The van der Waals surface area contributed by atoms with Gasteiger partial charge < -0.3 is 4.74 Å². The van der Waals surface area contributed by atoms with Crippen LogP contribution in [0, 0.1) is 12.8 Å². The molecular formula is C34H33ClN2O6S2. The standard InChI is InChI=1S/C34H33ClN2O6S2/c1-23-11-17-29(18-12-23)44(39,40)36-22-30-33(20-31(36)25-7-6-8-26(35)19-25)37(45(41,42)28-9-4-3-5-10-28)32(21-34(30)38)24-13-15-27(43-2)16-14-24/h3-19,30-33H,20-22H2,1-2H3/t30-,31?,32+,33+/m1/s1. The lowest BCUT2D eigenvalue weighted by Gasteiger charge is -2.51. The van der Waals surface area contributed by atoms with Crippen LogP contribution < -0.4 is 4.74 Å². The zero-order valence-corrected chi connectivity index (χ0v) is 27.2. The Kier molecular flexibility index (Phi) is 8.62. The van der Waals surface area contributed by atoms with Crippen molar-refractivity contribution in [3.63, 3.8) is 0 Å². The molecular weight excluding hydrogens is 632 g/mol. The number of methoxy groups -OCH3 is 1. The zero-order valence-electron chi connectivity index (χ0n) is 24.8. The minimum absolute atomic E-state index is 0.0561. The molecule has 45 heavy (non-hydrogen) atoms. The van der Waals surface area contributed by atoms with E-state index in [1.165, 1.54) is 20.7 Å². The summed E-state index contributed by atoms with van der Waals surface area (Å²) >= 11 is 6.39. The first-order valence-electron chi connectivity index (χ1n) is 14.6. The smallest absolute Gasteiger partial charge is 0.243 e. The molecule has 4 aromatic rings. The third-order valence-electron chi connectivity index (χ3n) is 8.78. The number of ether oxygens (including phenoxy) is 1. The van der Waals surface area contributed by atoms with E-state index in [9.17, 15) is 21.6 Å². The number of piperidine rings is 2. The van der Waals surface area contributed by atoms with E-state index in [4.69, 9.17) is 16.3 Å². The van der Waals surface area contributed by atoms with E-state index >= 15 is 0 Å². The molecule has 2 aliphatic rings. The highest BCUT2D eigenvalue weighted by atomic mass is 35.5. The van der Waals surface area contributed by atoms with Crippen molar-refractivity contribution in [2.45, 2.75) is 47.7 Å². The lowest BCUT2D eigenvalue weighted by molar-refractivity contribution is -0.132. The zero-order chi connectivity index (χ0) is 31.9. The van der Waals surface area contributed by atoms with Crippen LogP contribution in [0.3, 0.4) is 0 Å². The maximum atomic E-state index is 14.5. The fraction of sp³-hybridized carbons (Fsp3) is 0.265. The van der Waals surface area contributed by atoms with Gasteiger partial charge in [-0.2, -0.15) is 8.61 Å². The number of sulfonamides is 2. The average Bonchev–Trinajstić information content (AvgIpc) is 3.04. The van der Waals surface area contributed by atoms with Gasteiger partial charge in [0.2, 0.25) is 20.0 Å². The first-order valence-corrected chi connectivity index (χ1v) is 17.9. The number of aryl methyl sites for hydroxylation is 1. The van der Waals surface area contributed by atoms with Gasteiger partial charge in [0.15, 0.2) is 0 Å². The van der Waals surface area contributed by atoms with E-state index in [0.29, 0.717) is 21.9 Å². The molecule has 2 heterocycles. The maximum Gasteiger partial charge on any atom is 0.243 e. The minimum Gasteiger partial charge on any atom is -0.497 e. The van der Waals surface area contributed by atoms with Crippen LogP contribution in [0.15, 0.2) is 113 Å². The van der Waals surface area contributed by atoms with Crippen LogP contribution in [-0.4, -0.2) is 50.9 Å². The number of halogens is 1. The summed E-state index contributed by atoms with van der Waals surface area (Å²) in [6.45, 7) is 1.70. The Hall–Kier alpha value is -3.54. The van der Waals surface area contributed by atoms with E-state index in [0.717, 1.165) is 5.56 Å². The monoisotopic (exact) mass is 664 g/mol. The van der Waals surface area contributed by atoms with Crippen molar-refractivity contribution in [2.24, 2.45) is 5.92 Å². The van der Waals surface area contributed by atoms with Gasteiger partial charge in [0, 0.05) is 29.9 Å². The summed E-state index contributed by atoms with van der Waals surface area (Å²) in [6.07, 6.45) is -0.0413. The molecule has 4 atom stereocenters. The van der Waals surface area contributed by atoms with E-state index in [1.54, 1.807) is 98.1 Å². The molecule has 2 fully saturated rings. The van der Waals surface area contributed by atoms with Gasteiger partial charge in [-0.25, -0.2) is 16.8 Å². The highest BCUT2D eigenvalue weighted by Crippen LogP contribution is 2.48. The van der Waals surface area contributed by atoms with E-state index in [2.05, 4.69) is 0 Å². The highest BCUT2D eigenvalue weighted by molar-refractivity contribution is 7.89. The molecule has 0 bridgehead atoms. The molecule has 0 aliphatic carbocycles. The lowest BCUT2D eigenvalue weighted by Crippen LogP contribution is -2.60. The van der Waals surface area contributed by atoms with Gasteiger partial charge in [0.25, 0.3) is 0 Å². The summed E-state index contributed by atoms with van der Waals surface area (Å²) in [5.41, 5.74) is 2.18. The number of ketones is 1. The van der Waals surface area contributed by atoms with Crippen LogP contribution in [0.4, 0.5) is 0 Å². The van der Waals surface area contributed by atoms with Crippen LogP contribution in [0.25, 0.3) is 0 Å². The van der Waals surface area contributed by atoms with Crippen molar-refractivity contribution in [1.82, 2.24) is 8.61 Å². The van der Waals surface area contributed by atoms with Crippen molar-refractivity contribution in [3.05, 3.63) is 125 Å². The minimum atomic E-state index is -4.14. The Balaban J connectivity index is 1.50. The number of benzene rings is 4. The molecule has 4 aromatic carbocycles. The first kappa shape index (κ1) is 31.4. The second kappa shape index (κ2) is 12.3. The quantitative estimate of drug-likeness (QED) is 0.234. The van der Waals surface area contributed by atoms with Gasteiger partial charge >= 0.3 is 0 Å². The van der Waals surface area contributed by atoms with Gasteiger partial charge in [-0.1, -0.05) is 71.8 Å². The third kappa shape index (κ3) is 5.93. The maximum absolute atomic E-state index is 14.5. The predicted octanol–water partition coefficient (Wildman–Crippen LogP) is 6.18. The Morgan fingerprint density at radius 2 is 1.42 bits per heavy atom. The molecule has 0 aromatic heterocycles. The fourth-order valence-corrected chi connectivity index (χ4v) is 10.2. The number of nitrogens with zero attached hydrogens (tertiary/aromatic N) is 2. The van der Waals surface area contributed by atoms with Crippen molar-refractivity contribution in [1.29, 1.82) is 0 Å². The van der Waals surface area contributed by atoms with Gasteiger partial charge in [-0.05, 0) is 73.0 Å². The summed E-state index contributed by atoms with van der Waals surface area (Å²) in [5.74, 6) is -0.463. The number of fused-ring (bicyclic) bond motifs is 1. The predicted molar refractivity (Wildman–Crippen MR) is 172 cm³/mol. The van der Waals surface area contributed by atoms with Crippen LogP contribution >= 0.6 is 11.6 Å². The molecule has 0 radical (unpaired) electrons. The van der Waals surface area contributed by atoms with Crippen LogP contribution in [0.5, 0.6) is 5.75 Å². The normalized spacial score (nSPS) is 23.0. The molecule has 2 aliphatic heterocycles. The number of carbonyl (C=O) groups excluding carboxylic acids is 1. The fourth-order valence-electron chi connectivity index (χ4n) is 6.49. The number of carbonyl (C=O) groups is 1. The Labute approximate surface area is 269 Å². The molecule has 0 N–H and O–H groups in total. The summed E-state index contributed by atoms with van der Waals surface area (Å²) in [4.78, 5) is 14.2. The molecule has 0 amide bonds. The topological polar surface area (TPSA) is 101 Å². The Morgan fingerprint density at radius 3 is 2.07 bits per heavy atom. The molecule has 0 saturated carbocycles. The van der Waals surface area contributed by atoms with Crippen molar-refractivity contribution >= 4 is 37.4 Å². The summed E-state index contributed by atoms with van der Waals surface area (Å²) < 4.78 is 65.6. The molecule has 11 heteroatoms. The molecule has 0 spiro atoms. The number of Topliss-reactive ketones (excluding diaryl/α,β-unsaturated/α-hetero) is 1. The van der Waals surface area contributed by atoms with E-state index < -0.39 is 44.1 Å². The molecule has 2 saturated heterocycles. The second-order valence-corrected chi connectivity index (χ2v) is 15.6. The Bertz CT molecular complexity index is 1920. The molecule has 1 unspecified atom stereocenters. The van der Waals surface area contributed by atoms with Gasteiger partial charge in [0.05, 0.1) is 29.0 Å².